The third-order valence-corrected chi connectivity index (χ3v) is 4.54. The molecule has 2 aromatic heterocycles. The number of H-pyrrole nitrogens is 1. The van der Waals surface area contributed by atoms with Crippen LogP contribution in [-0.4, -0.2) is 35.1 Å². The van der Waals surface area contributed by atoms with E-state index in [9.17, 15) is 4.79 Å². The molecule has 0 spiro atoms. The average molecular weight is 374 g/mol. The summed E-state index contributed by atoms with van der Waals surface area (Å²) in [4.78, 5) is 24.2. The maximum Gasteiger partial charge on any atom is 0.249 e. The zero-order valence-electron chi connectivity index (χ0n) is 15.4. The van der Waals surface area contributed by atoms with Crippen molar-refractivity contribution >= 4 is 17.1 Å². The van der Waals surface area contributed by atoms with E-state index < -0.39 is 5.91 Å². The minimum Gasteiger partial charge on any atom is -0.493 e. The van der Waals surface area contributed by atoms with E-state index in [0.717, 1.165) is 11.1 Å². The van der Waals surface area contributed by atoms with Crippen molar-refractivity contribution in [2.45, 2.75) is 0 Å². The Morgan fingerprint density at radius 3 is 2.57 bits per heavy atom. The highest BCUT2D eigenvalue weighted by Crippen LogP contribution is 2.34. The predicted octanol–water partition coefficient (Wildman–Crippen LogP) is 3.41. The summed E-state index contributed by atoms with van der Waals surface area (Å²) in [7, 11) is 3.17. The molecule has 4 rings (SSSR count). The van der Waals surface area contributed by atoms with Gasteiger partial charge in [0.25, 0.3) is 0 Å². The molecule has 0 aliphatic carbocycles. The molecule has 1 amide bonds. The normalized spacial score (nSPS) is 10.8. The Morgan fingerprint density at radius 1 is 1.04 bits per heavy atom. The number of aromatic amines is 1. The first kappa shape index (κ1) is 17.5. The van der Waals surface area contributed by atoms with Crippen LogP contribution in [0, 0.1) is 0 Å². The number of aromatic nitrogens is 3. The van der Waals surface area contributed by atoms with Gasteiger partial charge in [-0.15, -0.1) is 0 Å². The Bertz CT molecular complexity index is 1180. The second kappa shape index (κ2) is 7.03. The predicted molar refractivity (Wildman–Crippen MR) is 106 cm³/mol. The Balaban J connectivity index is 1.87. The summed E-state index contributed by atoms with van der Waals surface area (Å²) in [6.45, 7) is 0. The van der Waals surface area contributed by atoms with E-state index in [4.69, 9.17) is 20.2 Å². The number of hydrogen-bond donors (Lipinski definition) is 2. The van der Waals surface area contributed by atoms with E-state index in [1.165, 1.54) is 0 Å². The molecule has 0 aliphatic heterocycles. The first-order chi connectivity index (χ1) is 13.6. The van der Waals surface area contributed by atoms with Gasteiger partial charge in [-0.05, 0) is 29.8 Å². The van der Waals surface area contributed by atoms with Gasteiger partial charge < -0.3 is 20.2 Å². The topological polar surface area (TPSA) is 103 Å². The minimum atomic E-state index is -0.492. The summed E-state index contributed by atoms with van der Waals surface area (Å²) in [5.41, 5.74) is 10.2. The molecular weight excluding hydrogens is 356 g/mol. The van der Waals surface area contributed by atoms with Gasteiger partial charge in [0, 0.05) is 22.9 Å². The summed E-state index contributed by atoms with van der Waals surface area (Å²) >= 11 is 0. The van der Waals surface area contributed by atoms with Crippen LogP contribution in [0.15, 0.2) is 54.9 Å². The number of fused-ring (bicyclic) bond motifs is 1. The molecule has 0 atom stereocenters. The number of ether oxygens (including phenoxy) is 2. The molecular formula is C21H18N4O3. The Hall–Kier alpha value is -3.87. The number of carbonyl (C=O) groups is 1. The van der Waals surface area contributed by atoms with Gasteiger partial charge in [0.05, 0.1) is 26.1 Å². The number of methoxy groups -OCH3 is 2. The number of nitrogens with zero attached hydrogens (tertiary/aromatic N) is 2. The van der Waals surface area contributed by atoms with Crippen molar-refractivity contribution in [3.8, 4) is 33.9 Å². The van der Waals surface area contributed by atoms with Crippen LogP contribution in [0.2, 0.25) is 0 Å². The van der Waals surface area contributed by atoms with Gasteiger partial charge in [-0.25, -0.2) is 9.97 Å². The van der Waals surface area contributed by atoms with Crippen molar-refractivity contribution in [3.63, 3.8) is 0 Å². The van der Waals surface area contributed by atoms with Gasteiger partial charge in [0.1, 0.15) is 5.52 Å². The highest BCUT2D eigenvalue weighted by atomic mass is 16.5. The Kier molecular flexibility index (Phi) is 4.41. The highest BCUT2D eigenvalue weighted by molar-refractivity contribution is 6.03. The molecule has 0 aliphatic rings. The van der Waals surface area contributed by atoms with Crippen molar-refractivity contribution in [1.29, 1.82) is 0 Å². The van der Waals surface area contributed by atoms with Crippen molar-refractivity contribution in [2.75, 3.05) is 14.2 Å². The Labute approximate surface area is 161 Å². The van der Waals surface area contributed by atoms with Gasteiger partial charge >= 0.3 is 0 Å². The summed E-state index contributed by atoms with van der Waals surface area (Å²) < 4.78 is 10.7. The number of benzene rings is 2. The number of nitrogens with one attached hydrogen (secondary N) is 1. The molecule has 2 heterocycles. The van der Waals surface area contributed by atoms with E-state index in [0.29, 0.717) is 39.5 Å². The van der Waals surface area contributed by atoms with E-state index in [1.807, 2.05) is 30.3 Å². The van der Waals surface area contributed by atoms with Gasteiger partial charge in [0.15, 0.2) is 17.1 Å². The quantitative estimate of drug-likeness (QED) is 0.557. The molecule has 28 heavy (non-hydrogen) atoms. The second-order valence-electron chi connectivity index (χ2n) is 6.13. The van der Waals surface area contributed by atoms with Crippen molar-refractivity contribution in [2.24, 2.45) is 5.73 Å². The molecule has 0 unspecified atom stereocenters. The summed E-state index contributed by atoms with van der Waals surface area (Å²) in [6.07, 6.45) is 3.47. The monoisotopic (exact) mass is 374 g/mol. The number of rotatable bonds is 5. The van der Waals surface area contributed by atoms with Gasteiger partial charge in [-0.3, -0.25) is 4.79 Å². The average Bonchev–Trinajstić information content (AvgIpc) is 3.16. The van der Waals surface area contributed by atoms with E-state index in [2.05, 4.69) is 9.97 Å². The molecule has 7 heteroatoms. The standard InChI is InChI=1S/C21H18N4O3/c1-27-17-8-7-12(9-18(17)28-2)16-11-24-21-19(25-16)15(10-23-21)13-5-3-4-6-14(13)20(22)26/h3-11H,1-2H3,(H2,22,26)(H,23,24). The smallest absolute Gasteiger partial charge is 0.249 e. The molecule has 3 N–H and O–H groups in total. The van der Waals surface area contributed by atoms with Crippen LogP contribution in [0.5, 0.6) is 11.5 Å². The fourth-order valence-electron chi connectivity index (χ4n) is 3.16. The van der Waals surface area contributed by atoms with Gasteiger partial charge in [0.2, 0.25) is 5.91 Å². The fourth-order valence-corrected chi connectivity index (χ4v) is 3.16. The van der Waals surface area contributed by atoms with Crippen LogP contribution >= 0.6 is 0 Å². The molecule has 7 nitrogen and oxygen atoms in total. The van der Waals surface area contributed by atoms with Gasteiger partial charge in [-0.1, -0.05) is 18.2 Å². The van der Waals surface area contributed by atoms with Crippen LogP contribution in [0.1, 0.15) is 10.4 Å². The molecule has 0 bridgehead atoms. The highest BCUT2D eigenvalue weighted by Gasteiger charge is 2.16. The third kappa shape index (κ3) is 2.92. The number of amides is 1. The molecule has 4 aromatic rings. The van der Waals surface area contributed by atoms with E-state index in [1.54, 1.807) is 38.7 Å². The molecule has 0 fully saturated rings. The van der Waals surface area contributed by atoms with Crippen LogP contribution in [0.4, 0.5) is 0 Å². The maximum atomic E-state index is 11.8. The van der Waals surface area contributed by atoms with E-state index >= 15 is 0 Å². The number of hydrogen-bond acceptors (Lipinski definition) is 5. The Morgan fingerprint density at radius 2 is 1.82 bits per heavy atom. The van der Waals surface area contributed by atoms with E-state index in [-0.39, 0.29) is 0 Å². The first-order valence-electron chi connectivity index (χ1n) is 8.58. The SMILES string of the molecule is COc1ccc(-c2cnc3[nH]cc(-c4ccccc4C(N)=O)c3n2)cc1OC. The summed E-state index contributed by atoms with van der Waals surface area (Å²) in [5, 5.41) is 0. The van der Waals surface area contributed by atoms with Crippen LogP contribution in [0.25, 0.3) is 33.5 Å². The largest absolute Gasteiger partial charge is 0.493 e. The van der Waals surface area contributed by atoms with Crippen molar-refractivity contribution in [3.05, 3.63) is 60.4 Å². The van der Waals surface area contributed by atoms with Crippen molar-refractivity contribution in [1.82, 2.24) is 15.0 Å². The van der Waals surface area contributed by atoms with Crippen LogP contribution in [-0.2, 0) is 0 Å². The number of nitrogens with two attached hydrogens (primary N) is 1. The number of carbonyl (C=O) groups excluding carboxylic acids is 1. The maximum absolute atomic E-state index is 11.8. The van der Waals surface area contributed by atoms with Crippen molar-refractivity contribution < 1.29 is 14.3 Å². The third-order valence-electron chi connectivity index (χ3n) is 4.54. The summed E-state index contributed by atoms with van der Waals surface area (Å²) in [6, 6.07) is 12.7. The first-order valence-corrected chi connectivity index (χ1v) is 8.58. The lowest BCUT2D eigenvalue weighted by Gasteiger charge is -2.09. The molecule has 0 saturated carbocycles. The molecule has 0 saturated heterocycles. The molecule has 0 radical (unpaired) electrons. The van der Waals surface area contributed by atoms with Gasteiger partial charge in [-0.2, -0.15) is 0 Å². The number of primary amides is 1. The lowest BCUT2D eigenvalue weighted by Crippen LogP contribution is -2.12. The van der Waals surface area contributed by atoms with Crippen LogP contribution < -0.4 is 15.2 Å². The zero-order valence-corrected chi connectivity index (χ0v) is 15.4. The summed E-state index contributed by atoms with van der Waals surface area (Å²) in [5.74, 6) is 0.752. The fraction of sp³-hybridized carbons (Fsp3) is 0.0952. The molecule has 2 aromatic carbocycles. The molecule has 140 valence electrons. The second-order valence-corrected chi connectivity index (χ2v) is 6.13. The minimum absolute atomic E-state index is 0.432. The zero-order chi connectivity index (χ0) is 19.7. The lowest BCUT2D eigenvalue weighted by atomic mass is 10.0. The van der Waals surface area contributed by atoms with Crippen LogP contribution in [0.3, 0.4) is 0 Å². The lowest BCUT2D eigenvalue weighted by molar-refractivity contribution is 0.100.